The van der Waals surface area contributed by atoms with Gasteiger partial charge in [0.2, 0.25) is 0 Å². The number of nitrogens with zero attached hydrogens (tertiary/aromatic N) is 2. The Balaban J connectivity index is 2.12. The standard InChI is InChI=1S/C14H11FN2O3/c1-9-6-11(15)3-4-12(9)20-14-16-7-10(8-17-14)2-5-13(18)19/h2-8H,1H3,(H,18,19)/b5-2+. The van der Waals surface area contributed by atoms with Gasteiger partial charge in [0.1, 0.15) is 11.6 Å². The lowest BCUT2D eigenvalue weighted by Gasteiger charge is -2.06. The first-order valence-corrected chi connectivity index (χ1v) is 5.71. The number of aliphatic carboxylic acids is 1. The van der Waals surface area contributed by atoms with Crippen LogP contribution in [-0.2, 0) is 4.79 Å². The molecule has 102 valence electrons. The van der Waals surface area contributed by atoms with Crippen molar-refractivity contribution in [1.82, 2.24) is 9.97 Å². The maximum atomic E-state index is 12.9. The molecular formula is C14H11FN2O3. The van der Waals surface area contributed by atoms with Crippen LogP contribution in [0.1, 0.15) is 11.1 Å². The lowest BCUT2D eigenvalue weighted by Crippen LogP contribution is -1.94. The highest BCUT2D eigenvalue weighted by atomic mass is 19.1. The van der Waals surface area contributed by atoms with Crippen molar-refractivity contribution >= 4 is 12.0 Å². The van der Waals surface area contributed by atoms with E-state index >= 15 is 0 Å². The number of carbonyl (C=O) groups is 1. The second-order valence-electron chi connectivity index (χ2n) is 3.98. The molecule has 0 radical (unpaired) electrons. The first-order chi connectivity index (χ1) is 9.54. The third-order valence-electron chi connectivity index (χ3n) is 2.40. The van der Waals surface area contributed by atoms with Crippen molar-refractivity contribution in [1.29, 1.82) is 0 Å². The van der Waals surface area contributed by atoms with E-state index in [0.29, 0.717) is 16.9 Å². The molecule has 0 fully saturated rings. The largest absolute Gasteiger partial charge is 0.478 e. The van der Waals surface area contributed by atoms with Gasteiger partial charge in [-0.3, -0.25) is 0 Å². The van der Waals surface area contributed by atoms with Crippen LogP contribution in [0.5, 0.6) is 11.8 Å². The van der Waals surface area contributed by atoms with Gasteiger partial charge in [0.25, 0.3) is 0 Å². The van der Waals surface area contributed by atoms with E-state index in [1.807, 2.05) is 0 Å². The van der Waals surface area contributed by atoms with Crippen LogP contribution >= 0.6 is 0 Å². The molecule has 0 unspecified atom stereocenters. The van der Waals surface area contributed by atoms with Gasteiger partial charge < -0.3 is 9.84 Å². The highest BCUT2D eigenvalue weighted by Crippen LogP contribution is 2.22. The summed E-state index contributed by atoms with van der Waals surface area (Å²) >= 11 is 0. The highest BCUT2D eigenvalue weighted by Gasteiger charge is 2.04. The molecule has 0 atom stereocenters. The van der Waals surface area contributed by atoms with Crippen LogP contribution in [0.2, 0.25) is 0 Å². The number of halogens is 1. The number of carboxylic acid groups (broad SMARTS) is 1. The number of hydrogen-bond acceptors (Lipinski definition) is 4. The molecule has 20 heavy (non-hydrogen) atoms. The van der Waals surface area contributed by atoms with E-state index in [4.69, 9.17) is 9.84 Å². The molecule has 1 N–H and O–H groups in total. The molecule has 0 aliphatic rings. The molecule has 2 rings (SSSR count). The Morgan fingerprint density at radius 2 is 2.05 bits per heavy atom. The molecule has 2 aromatic rings. The summed E-state index contributed by atoms with van der Waals surface area (Å²) in [6, 6.07) is 4.23. The van der Waals surface area contributed by atoms with Gasteiger partial charge in [-0.05, 0) is 36.8 Å². The summed E-state index contributed by atoms with van der Waals surface area (Å²) < 4.78 is 18.4. The molecule has 0 aliphatic carbocycles. The summed E-state index contributed by atoms with van der Waals surface area (Å²) in [5.74, 6) is -0.933. The molecule has 1 aromatic carbocycles. The smallest absolute Gasteiger partial charge is 0.328 e. The van der Waals surface area contributed by atoms with Crippen LogP contribution in [0.15, 0.2) is 36.7 Å². The monoisotopic (exact) mass is 274 g/mol. The predicted octanol–water partition coefficient (Wildman–Crippen LogP) is 2.81. The number of hydrogen-bond donors (Lipinski definition) is 1. The maximum absolute atomic E-state index is 12.9. The number of benzene rings is 1. The minimum absolute atomic E-state index is 0.104. The van der Waals surface area contributed by atoms with Crippen LogP contribution in [0.4, 0.5) is 4.39 Å². The molecular weight excluding hydrogens is 263 g/mol. The zero-order chi connectivity index (χ0) is 14.5. The maximum Gasteiger partial charge on any atom is 0.328 e. The molecule has 1 heterocycles. The van der Waals surface area contributed by atoms with Gasteiger partial charge in [0.15, 0.2) is 0 Å². The van der Waals surface area contributed by atoms with E-state index in [0.717, 1.165) is 6.08 Å². The Bertz CT molecular complexity index is 654. The van der Waals surface area contributed by atoms with Crippen LogP contribution < -0.4 is 4.74 Å². The lowest BCUT2D eigenvalue weighted by molar-refractivity contribution is -0.131. The van der Waals surface area contributed by atoms with Crippen LogP contribution in [-0.4, -0.2) is 21.0 Å². The minimum atomic E-state index is -1.05. The second kappa shape index (κ2) is 5.92. The first-order valence-electron chi connectivity index (χ1n) is 5.71. The number of aromatic nitrogens is 2. The summed E-state index contributed by atoms with van der Waals surface area (Å²) in [6.45, 7) is 1.71. The van der Waals surface area contributed by atoms with E-state index in [2.05, 4.69) is 9.97 Å². The lowest BCUT2D eigenvalue weighted by atomic mass is 10.2. The fourth-order valence-corrected chi connectivity index (χ4v) is 1.46. The summed E-state index contributed by atoms with van der Waals surface area (Å²) in [5.41, 5.74) is 1.17. The Hall–Kier alpha value is -2.76. The molecule has 0 saturated heterocycles. The Kier molecular flexibility index (Phi) is 4.05. The zero-order valence-electron chi connectivity index (χ0n) is 10.6. The third kappa shape index (κ3) is 3.61. The summed E-state index contributed by atoms with van der Waals surface area (Å²) in [6.07, 6.45) is 5.22. The Morgan fingerprint density at radius 3 is 2.65 bits per heavy atom. The topological polar surface area (TPSA) is 72.3 Å². The van der Waals surface area contributed by atoms with Gasteiger partial charge in [-0.15, -0.1) is 0 Å². The average molecular weight is 274 g/mol. The molecule has 6 heteroatoms. The van der Waals surface area contributed by atoms with Crippen molar-refractivity contribution < 1.29 is 19.0 Å². The molecule has 1 aromatic heterocycles. The van der Waals surface area contributed by atoms with Crippen LogP contribution in [0, 0.1) is 12.7 Å². The van der Waals surface area contributed by atoms with Crippen molar-refractivity contribution in [3.63, 3.8) is 0 Å². The van der Waals surface area contributed by atoms with Crippen LogP contribution in [0.3, 0.4) is 0 Å². The minimum Gasteiger partial charge on any atom is -0.478 e. The van der Waals surface area contributed by atoms with E-state index in [1.54, 1.807) is 6.92 Å². The zero-order valence-corrected chi connectivity index (χ0v) is 10.6. The summed E-state index contributed by atoms with van der Waals surface area (Å²) in [5, 5.41) is 8.49. The van der Waals surface area contributed by atoms with Crippen molar-refractivity contribution in [3.05, 3.63) is 53.6 Å². The number of rotatable bonds is 4. The number of aryl methyl sites for hydroxylation is 1. The molecule has 0 saturated carbocycles. The third-order valence-corrected chi connectivity index (χ3v) is 2.40. The van der Waals surface area contributed by atoms with Gasteiger partial charge in [0.05, 0.1) is 0 Å². The molecule has 0 amide bonds. The van der Waals surface area contributed by atoms with Gasteiger partial charge in [-0.25, -0.2) is 19.2 Å². The number of carboxylic acids is 1. The second-order valence-corrected chi connectivity index (χ2v) is 3.98. The predicted molar refractivity (Wildman–Crippen MR) is 69.9 cm³/mol. The van der Waals surface area contributed by atoms with Crippen molar-refractivity contribution in [2.45, 2.75) is 6.92 Å². The summed E-state index contributed by atoms with van der Waals surface area (Å²) in [7, 11) is 0. The first kappa shape index (κ1) is 13.7. The van der Waals surface area contributed by atoms with Crippen molar-refractivity contribution in [2.24, 2.45) is 0 Å². The van der Waals surface area contributed by atoms with E-state index in [-0.39, 0.29) is 11.8 Å². The molecule has 0 aliphatic heterocycles. The van der Waals surface area contributed by atoms with E-state index < -0.39 is 5.97 Å². The van der Waals surface area contributed by atoms with Crippen molar-refractivity contribution in [2.75, 3.05) is 0 Å². The van der Waals surface area contributed by atoms with Gasteiger partial charge in [-0.1, -0.05) is 0 Å². The highest BCUT2D eigenvalue weighted by molar-refractivity contribution is 5.85. The van der Waals surface area contributed by atoms with Crippen molar-refractivity contribution in [3.8, 4) is 11.8 Å². The average Bonchev–Trinajstić information content (AvgIpc) is 2.41. The molecule has 0 bridgehead atoms. The quantitative estimate of drug-likeness (QED) is 0.868. The normalized spacial score (nSPS) is 10.7. The van der Waals surface area contributed by atoms with E-state index in [9.17, 15) is 9.18 Å². The SMILES string of the molecule is Cc1cc(F)ccc1Oc1ncc(/C=C/C(=O)O)cn1. The van der Waals surface area contributed by atoms with Gasteiger partial charge in [0, 0.05) is 24.0 Å². The Labute approximate surface area is 114 Å². The van der Waals surface area contributed by atoms with Gasteiger partial charge in [-0.2, -0.15) is 0 Å². The van der Waals surface area contributed by atoms with E-state index in [1.165, 1.54) is 36.7 Å². The van der Waals surface area contributed by atoms with Gasteiger partial charge >= 0.3 is 12.0 Å². The fraction of sp³-hybridized carbons (Fsp3) is 0.0714. The van der Waals surface area contributed by atoms with Crippen LogP contribution in [0.25, 0.3) is 6.08 Å². The number of ether oxygens (including phenoxy) is 1. The molecule has 0 spiro atoms. The summed E-state index contributed by atoms with van der Waals surface area (Å²) in [4.78, 5) is 18.3. The fourth-order valence-electron chi connectivity index (χ4n) is 1.46. The molecule has 5 nitrogen and oxygen atoms in total. The Morgan fingerprint density at radius 1 is 1.35 bits per heavy atom.